The molecule has 116 valence electrons. The standard InChI is InChI=1S/C10H15N.C8H19N/c1-2-3-6-9-7-4-5-8-10(9)11;1-3-5-7-9-8-6-4-2/h4-5,7-8H,2-3,6,11H2,1H3;9H,3-8H2,1-2H3. The molecule has 20 heavy (non-hydrogen) atoms. The third-order valence-electron chi connectivity index (χ3n) is 3.27. The second-order valence-electron chi connectivity index (χ2n) is 5.26. The Labute approximate surface area is 126 Å². The van der Waals surface area contributed by atoms with Crippen LogP contribution >= 0.6 is 0 Å². The van der Waals surface area contributed by atoms with E-state index in [1.165, 1.54) is 57.2 Å². The van der Waals surface area contributed by atoms with Crippen molar-refractivity contribution in [1.29, 1.82) is 0 Å². The summed E-state index contributed by atoms with van der Waals surface area (Å²) in [6.07, 6.45) is 8.83. The first-order valence-corrected chi connectivity index (χ1v) is 8.30. The van der Waals surface area contributed by atoms with Crippen molar-refractivity contribution < 1.29 is 0 Å². The normalized spacial score (nSPS) is 9.95. The molecule has 0 fully saturated rings. The zero-order chi connectivity index (χ0) is 15.1. The lowest BCUT2D eigenvalue weighted by Crippen LogP contribution is -2.15. The van der Waals surface area contributed by atoms with E-state index >= 15 is 0 Å². The van der Waals surface area contributed by atoms with Gasteiger partial charge in [0.05, 0.1) is 0 Å². The van der Waals surface area contributed by atoms with Crippen LogP contribution in [-0.2, 0) is 6.42 Å². The van der Waals surface area contributed by atoms with Gasteiger partial charge in [-0.15, -0.1) is 0 Å². The van der Waals surface area contributed by atoms with Gasteiger partial charge in [0.15, 0.2) is 0 Å². The Morgan fingerprint density at radius 3 is 1.90 bits per heavy atom. The van der Waals surface area contributed by atoms with Crippen molar-refractivity contribution >= 4 is 5.69 Å². The van der Waals surface area contributed by atoms with Crippen LogP contribution in [-0.4, -0.2) is 13.1 Å². The molecule has 2 heteroatoms. The maximum Gasteiger partial charge on any atom is 0.0346 e. The van der Waals surface area contributed by atoms with Gasteiger partial charge in [0.2, 0.25) is 0 Å². The van der Waals surface area contributed by atoms with E-state index in [0.717, 1.165) is 12.1 Å². The molecular formula is C18H34N2. The van der Waals surface area contributed by atoms with Gasteiger partial charge in [0.1, 0.15) is 0 Å². The Balaban J connectivity index is 0.000000370. The summed E-state index contributed by atoms with van der Waals surface area (Å²) in [5.74, 6) is 0. The smallest absolute Gasteiger partial charge is 0.0346 e. The number of aryl methyl sites for hydroxylation is 1. The molecule has 0 saturated carbocycles. The van der Waals surface area contributed by atoms with Crippen LogP contribution < -0.4 is 11.1 Å². The zero-order valence-corrected chi connectivity index (χ0v) is 13.8. The van der Waals surface area contributed by atoms with E-state index < -0.39 is 0 Å². The van der Waals surface area contributed by atoms with E-state index in [4.69, 9.17) is 5.73 Å². The highest BCUT2D eigenvalue weighted by Gasteiger charge is 1.94. The Hall–Kier alpha value is -1.02. The van der Waals surface area contributed by atoms with Gasteiger partial charge < -0.3 is 11.1 Å². The number of nitrogens with two attached hydrogens (primary N) is 1. The van der Waals surface area contributed by atoms with Crippen LogP contribution in [0.3, 0.4) is 0 Å². The molecular weight excluding hydrogens is 244 g/mol. The Kier molecular flexibility index (Phi) is 13.7. The molecule has 0 atom stereocenters. The second-order valence-corrected chi connectivity index (χ2v) is 5.26. The van der Waals surface area contributed by atoms with Gasteiger partial charge in [0, 0.05) is 5.69 Å². The van der Waals surface area contributed by atoms with Crippen molar-refractivity contribution in [3.05, 3.63) is 29.8 Å². The van der Waals surface area contributed by atoms with Crippen molar-refractivity contribution in [2.45, 2.75) is 65.7 Å². The highest BCUT2D eigenvalue weighted by Crippen LogP contribution is 2.12. The van der Waals surface area contributed by atoms with Crippen molar-refractivity contribution in [3.63, 3.8) is 0 Å². The fourth-order valence-corrected chi connectivity index (χ4v) is 1.86. The maximum absolute atomic E-state index is 5.76. The predicted molar refractivity (Wildman–Crippen MR) is 92.2 cm³/mol. The molecule has 1 rings (SSSR count). The number of hydrogen-bond acceptors (Lipinski definition) is 2. The SMILES string of the molecule is CCCCNCCCC.CCCCc1ccccc1N. The largest absolute Gasteiger partial charge is 0.399 e. The second kappa shape index (κ2) is 14.4. The van der Waals surface area contributed by atoms with E-state index in [0.29, 0.717) is 0 Å². The summed E-state index contributed by atoms with van der Waals surface area (Å²) in [5, 5.41) is 3.39. The van der Waals surface area contributed by atoms with E-state index in [9.17, 15) is 0 Å². The third-order valence-corrected chi connectivity index (χ3v) is 3.27. The molecule has 0 aliphatic heterocycles. The van der Waals surface area contributed by atoms with E-state index in [-0.39, 0.29) is 0 Å². The number of para-hydroxylation sites is 1. The first-order valence-electron chi connectivity index (χ1n) is 8.30. The minimum Gasteiger partial charge on any atom is -0.399 e. The summed E-state index contributed by atoms with van der Waals surface area (Å²) >= 11 is 0. The molecule has 1 aromatic carbocycles. The number of nitrogens with one attached hydrogen (secondary N) is 1. The lowest BCUT2D eigenvalue weighted by atomic mass is 10.1. The van der Waals surface area contributed by atoms with Gasteiger partial charge in [-0.05, 0) is 50.4 Å². The Morgan fingerprint density at radius 2 is 1.40 bits per heavy atom. The van der Waals surface area contributed by atoms with Gasteiger partial charge >= 0.3 is 0 Å². The van der Waals surface area contributed by atoms with E-state index in [1.54, 1.807) is 0 Å². The quantitative estimate of drug-likeness (QED) is 0.503. The average molecular weight is 278 g/mol. The number of unbranched alkanes of at least 4 members (excludes halogenated alkanes) is 3. The lowest BCUT2D eigenvalue weighted by Gasteiger charge is -2.02. The summed E-state index contributed by atoms with van der Waals surface area (Å²) in [4.78, 5) is 0. The number of hydrogen-bond donors (Lipinski definition) is 2. The van der Waals surface area contributed by atoms with Gasteiger partial charge in [-0.1, -0.05) is 58.2 Å². The molecule has 0 unspecified atom stereocenters. The average Bonchev–Trinajstić information content (AvgIpc) is 2.47. The Morgan fingerprint density at radius 1 is 0.850 bits per heavy atom. The maximum atomic E-state index is 5.76. The molecule has 0 aliphatic rings. The number of nitrogen functional groups attached to an aromatic ring is 1. The third kappa shape index (κ3) is 10.9. The van der Waals surface area contributed by atoms with Crippen molar-refractivity contribution in [2.24, 2.45) is 0 Å². The van der Waals surface area contributed by atoms with Gasteiger partial charge in [-0.25, -0.2) is 0 Å². The van der Waals surface area contributed by atoms with Crippen molar-refractivity contribution in [1.82, 2.24) is 5.32 Å². The Bertz CT molecular complexity index is 304. The lowest BCUT2D eigenvalue weighted by molar-refractivity contribution is 0.611. The molecule has 0 bridgehead atoms. The van der Waals surface area contributed by atoms with E-state index in [1.807, 2.05) is 18.2 Å². The van der Waals surface area contributed by atoms with Crippen LogP contribution in [0.5, 0.6) is 0 Å². The summed E-state index contributed by atoms with van der Waals surface area (Å²) in [6.45, 7) is 9.05. The predicted octanol–water partition coefficient (Wildman–Crippen LogP) is 4.79. The molecule has 0 heterocycles. The molecule has 0 saturated heterocycles. The minimum atomic E-state index is 0.931. The van der Waals surface area contributed by atoms with Crippen molar-refractivity contribution in [3.8, 4) is 0 Å². The van der Waals surface area contributed by atoms with Gasteiger partial charge in [-0.3, -0.25) is 0 Å². The van der Waals surface area contributed by atoms with Gasteiger partial charge in [0.25, 0.3) is 0 Å². The highest BCUT2D eigenvalue weighted by atomic mass is 14.8. The summed E-state index contributed by atoms with van der Waals surface area (Å²) in [6, 6.07) is 8.09. The van der Waals surface area contributed by atoms with Crippen LogP contribution in [0.15, 0.2) is 24.3 Å². The highest BCUT2D eigenvalue weighted by molar-refractivity contribution is 5.46. The first kappa shape index (κ1) is 19.0. The van der Waals surface area contributed by atoms with Crippen LogP contribution in [0, 0.1) is 0 Å². The molecule has 0 aromatic heterocycles. The molecule has 2 nitrogen and oxygen atoms in total. The fraction of sp³-hybridized carbons (Fsp3) is 0.667. The molecule has 3 N–H and O–H groups in total. The van der Waals surface area contributed by atoms with Crippen LogP contribution in [0.4, 0.5) is 5.69 Å². The summed E-state index contributed by atoms with van der Waals surface area (Å²) < 4.78 is 0. The minimum absolute atomic E-state index is 0.931. The summed E-state index contributed by atoms with van der Waals surface area (Å²) in [7, 11) is 0. The van der Waals surface area contributed by atoms with Gasteiger partial charge in [-0.2, -0.15) is 0 Å². The summed E-state index contributed by atoms with van der Waals surface area (Å²) in [5.41, 5.74) is 7.98. The molecule has 0 spiro atoms. The number of rotatable bonds is 9. The number of benzene rings is 1. The fourth-order valence-electron chi connectivity index (χ4n) is 1.86. The van der Waals surface area contributed by atoms with Crippen LogP contribution in [0.1, 0.15) is 64.9 Å². The molecule has 0 amide bonds. The van der Waals surface area contributed by atoms with E-state index in [2.05, 4.69) is 32.2 Å². The molecule has 0 radical (unpaired) electrons. The first-order chi connectivity index (χ1) is 9.76. The van der Waals surface area contributed by atoms with Crippen molar-refractivity contribution in [2.75, 3.05) is 18.8 Å². The van der Waals surface area contributed by atoms with Crippen LogP contribution in [0.2, 0.25) is 0 Å². The molecule has 0 aliphatic carbocycles. The monoisotopic (exact) mass is 278 g/mol. The molecule has 1 aromatic rings. The zero-order valence-electron chi connectivity index (χ0n) is 13.8. The topological polar surface area (TPSA) is 38.0 Å². The van der Waals surface area contributed by atoms with Crippen LogP contribution in [0.25, 0.3) is 0 Å². The number of anilines is 1.